The van der Waals surface area contributed by atoms with Crippen molar-refractivity contribution in [2.24, 2.45) is 5.84 Å². The van der Waals surface area contributed by atoms with Crippen LogP contribution in [0.4, 0.5) is 0 Å². The topological polar surface area (TPSA) is 55.9 Å². The molecule has 16 heavy (non-hydrogen) atoms. The molecule has 0 aliphatic carbocycles. The molecule has 0 amide bonds. The number of nitrogens with two attached hydrogens (primary N) is 1. The first-order valence-corrected chi connectivity index (χ1v) is 6.97. The number of nitrogens with zero attached hydrogens (tertiary/aromatic N) is 2. The lowest BCUT2D eigenvalue weighted by Gasteiger charge is -2.21. The average Bonchev–Trinajstić information content (AvgIpc) is 2.96. The van der Waals surface area contributed by atoms with Crippen LogP contribution in [-0.4, -0.2) is 26.8 Å². The van der Waals surface area contributed by atoms with E-state index >= 15 is 0 Å². The fourth-order valence-corrected chi connectivity index (χ4v) is 3.53. The Kier molecular flexibility index (Phi) is 4.26. The summed E-state index contributed by atoms with van der Waals surface area (Å²) in [5, 5.41) is 4.95. The molecule has 0 saturated carbocycles. The van der Waals surface area contributed by atoms with Crippen LogP contribution in [0.2, 0.25) is 0 Å². The molecule has 0 spiro atoms. The van der Waals surface area contributed by atoms with Crippen molar-refractivity contribution in [3.8, 4) is 0 Å². The lowest BCUT2D eigenvalue weighted by atomic mass is 10.0. The Labute approximate surface area is 101 Å². The van der Waals surface area contributed by atoms with Gasteiger partial charge in [0.25, 0.3) is 0 Å². The van der Waals surface area contributed by atoms with Crippen LogP contribution in [0, 0.1) is 0 Å². The van der Waals surface area contributed by atoms with Gasteiger partial charge in [0.1, 0.15) is 0 Å². The van der Waals surface area contributed by atoms with Crippen molar-refractivity contribution in [3.05, 3.63) is 18.0 Å². The highest BCUT2D eigenvalue weighted by atomic mass is 32.2. The van der Waals surface area contributed by atoms with Crippen LogP contribution in [0.1, 0.15) is 25.3 Å². The predicted molar refractivity (Wildman–Crippen MR) is 68.2 cm³/mol. The van der Waals surface area contributed by atoms with E-state index in [0.717, 1.165) is 13.0 Å². The molecule has 0 radical (unpaired) electrons. The van der Waals surface area contributed by atoms with Crippen LogP contribution in [0.25, 0.3) is 0 Å². The molecular weight excluding hydrogens is 220 g/mol. The van der Waals surface area contributed by atoms with Crippen molar-refractivity contribution >= 4 is 11.8 Å². The summed E-state index contributed by atoms with van der Waals surface area (Å²) >= 11 is 2.04. The van der Waals surface area contributed by atoms with E-state index in [1.165, 1.54) is 24.2 Å². The highest BCUT2D eigenvalue weighted by molar-refractivity contribution is 8.00. The SMILES string of the molecule is CCn1cc(CC(NN)C2CCCS2)cn1. The Bertz CT molecular complexity index is 320. The lowest BCUT2D eigenvalue weighted by Crippen LogP contribution is -2.43. The lowest BCUT2D eigenvalue weighted by molar-refractivity contribution is 0.495. The van der Waals surface area contributed by atoms with Crippen molar-refractivity contribution < 1.29 is 0 Å². The fraction of sp³-hybridized carbons (Fsp3) is 0.727. The van der Waals surface area contributed by atoms with Gasteiger partial charge in [-0.3, -0.25) is 16.0 Å². The Morgan fingerprint density at radius 1 is 1.75 bits per heavy atom. The Morgan fingerprint density at radius 2 is 2.62 bits per heavy atom. The first-order chi connectivity index (χ1) is 7.83. The van der Waals surface area contributed by atoms with Crippen molar-refractivity contribution in [1.82, 2.24) is 15.2 Å². The highest BCUT2D eigenvalue weighted by Crippen LogP contribution is 2.29. The molecule has 3 N–H and O–H groups in total. The molecule has 4 nitrogen and oxygen atoms in total. The van der Waals surface area contributed by atoms with Gasteiger partial charge in [0.2, 0.25) is 0 Å². The van der Waals surface area contributed by atoms with Gasteiger partial charge in [-0.15, -0.1) is 0 Å². The molecule has 1 aromatic rings. The van der Waals surface area contributed by atoms with Gasteiger partial charge in [-0.05, 0) is 37.5 Å². The van der Waals surface area contributed by atoms with Crippen molar-refractivity contribution in [3.63, 3.8) is 0 Å². The third-order valence-corrected chi connectivity index (χ3v) is 4.61. The second kappa shape index (κ2) is 5.70. The zero-order valence-corrected chi connectivity index (χ0v) is 10.5. The third kappa shape index (κ3) is 2.78. The second-order valence-corrected chi connectivity index (χ2v) is 5.58. The van der Waals surface area contributed by atoms with Crippen LogP contribution in [-0.2, 0) is 13.0 Å². The number of hydrazine groups is 1. The van der Waals surface area contributed by atoms with E-state index < -0.39 is 0 Å². The fourth-order valence-electron chi connectivity index (χ4n) is 2.16. The van der Waals surface area contributed by atoms with E-state index in [0.29, 0.717) is 11.3 Å². The monoisotopic (exact) mass is 240 g/mol. The summed E-state index contributed by atoms with van der Waals surface area (Å²) in [6, 6.07) is 0.377. The molecule has 1 aliphatic heterocycles. The quantitative estimate of drug-likeness (QED) is 0.599. The number of rotatable bonds is 5. The third-order valence-electron chi connectivity index (χ3n) is 3.09. The van der Waals surface area contributed by atoms with Crippen LogP contribution < -0.4 is 11.3 Å². The maximum absolute atomic E-state index is 5.65. The van der Waals surface area contributed by atoms with Gasteiger partial charge in [-0.2, -0.15) is 16.9 Å². The number of aryl methyl sites for hydroxylation is 1. The summed E-state index contributed by atoms with van der Waals surface area (Å²) in [7, 11) is 0. The van der Waals surface area contributed by atoms with Crippen molar-refractivity contribution in [1.29, 1.82) is 0 Å². The van der Waals surface area contributed by atoms with E-state index in [1.54, 1.807) is 0 Å². The van der Waals surface area contributed by atoms with Gasteiger partial charge >= 0.3 is 0 Å². The number of hydrogen-bond acceptors (Lipinski definition) is 4. The summed E-state index contributed by atoms with van der Waals surface area (Å²) in [5.74, 6) is 6.92. The summed E-state index contributed by atoms with van der Waals surface area (Å²) < 4.78 is 1.96. The molecule has 0 aromatic carbocycles. The largest absolute Gasteiger partial charge is 0.273 e. The van der Waals surface area contributed by atoms with E-state index in [1.807, 2.05) is 22.6 Å². The molecule has 1 aliphatic rings. The van der Waals surface area contributed by atoms with Crippen LogP contribution >= 0.6 is 11.8 Å². The molecule has 2 unspecified atom stereocenters. The standard InChI is InChI=1S/C11H20N4S/c1-2-15-8-9(7-13-15)6-10(14-12)11-4-3-5-16-11/h7-8,10-11,14H,2-6,12H2,1H3. The molecule has 0 bridgehead atoms. The Morgan fingerprint density at radius 3 is 3.19 bits per heavy atom. The molecule has 2 rings (SSSR count). The second-order valence-electron chi connectivity index (χ2n) is 4.23. The molecule has 1 fully saturated rings. The maximum Gasteiger partial charge on any atom is 0.0522 e. The van der Waals surface area contributed by atoms with Gasteiger partial charge in [0.05, 0.1) is 6.20 Å². The molecule has 2 atom stereocenters. The molecule has 90 valence electrons. The number of thioether (sulfide) groups is 1. The summed E-state index contributed by atoms with van der Waals surface area (Å²) in [6.45, 7) is 3.03. The van der Waals surface area contributed by atoms with Gasteiger partial charge in [-0.25, -0.2) is 0 Å². The van der Waals surface area contributed by atoms with E-state index in [-0.39, 0.29) is 0 Å². The van der Waals surface area contributed by atoms with E-state index in [4.69, 9.17) is 5.84 Å². The van der Waals surface area contributed by atoms with Crippen LogP contribution in [0.3, 0.4) is 0 Å². The highest BCUT2D eigenvalue weighted by Gasteiger charge is 2.25. The molecule has 1 aromatic heterocycles. The normalized spacial score (nSPS) is 22.5. The molecule has 1 saturated heterocycles. The molecular formula is C11H20N4S. The maximum atomic E-state index is 5.65. The van der Waals surface area contributed by atoms with Crippen LogP contribution in [0.15, 0.2) is 12.4 Å². The minimum atomic E-state index is 0.377. The van der Waals surface area contributed by atoms with Crippen molar-refractivity contribution in [2.45, 2.75) is 44.0 Å². The van der Waals surface area contributed by atoms with Gasteiger partial charge < -0.3 is 0 Å². The molecule has 2 heterocycles. The van der Waals surface area contributed by atoms with E-state index in [2.05, 4.69) is 23.6 Å². The molecule has 5 heteroatoms. The summed E-state index contributed by atoms with van der Waals surface area (Å²) in [5.41, 5.74) is 4.24. The minimum Gasteiger partial charge on any atom is -0.273 e. The van der Waals surface area contributed by atoms with Gasteiger partial charge in [-0.1, -0.05) is 0 Å². The van der Waals surface area contributed by atoms with E-state index in [9.17, 15) is 0 Å². The van der Waals surface area contributed by atoms with Gasteiger partial charge in [0, 0.05) is 24.0 Å². The Hall–Kier alpha value is -0.520. The number of hydrogen-bond donors (Lipinski definition) is 2. The number of nitrogens with one attached hydrogen (secondary N) is 1. The zero-order chi connectivity index (χ0) is 11.4. The average molecular weight is 240 g/mol. The summed E-state index contributed by atoms with van der Waals surface area (Å²) in [6.07, 6.45) is 7.65. The summed E-state index contributed by atoms with van der Waals surface area (Å²) in [4.78, 5) is 0. The number of aromatic nitrogens is 2. The minimum absolute atomic E-state index is 0.377. The first-order valence-electron chi connectivity index (χ1n) is 5.92. The van der Waals surface area contributed by atoms with Crippen LogP contribution in [0.5, 0.6) is 0 Å². The first kappa shape index (κ1) is 12.0. The van der Waals surface area contributed by atoms with Crippen molar-refractivity contribution in [2.75, 3.05) is 5.75 Å². The predicted octanol–water partition coefficient (Wildman–Crippen LogP) is 1.17. The zero-order valence-electron chi connectivity index (χ0n) is 9.72. The Balaban J connectivity index is 1.94. The smallest absolute Gasteiger partial charge is 0.0522 e. The van der Waals surface area contributed by atoms with Gasteiger partial charge in [0.15, 0.2) is 0 Å².